The molecule has 1 aliphatic heterocycles. The van der Waals surface area contributed by atoms with Crippen LogP contribution in [-0.4, -0.2) is 50.1 Å². The fourth-order valence-electron chi connectivity index (χ4n) is 4.10. The first-order chi connectivity index (χ1) is 16.9. The topological polar surface area (TPSA) is 94.5 Å². The molecule has 1 aliphatic rings. The third kappa shape index (κ3) is 4.42. The minimum atomic E-state index is -0.769. The molecule has 182 valence electrons. The molecule has 0 bridgehead atoms. The standard InChI is InChI=1S/C26H25NO7S/c1-31-16-8-9-17(19(13-16)33-3)24(28)22-23(21-6-5-11-35-21)27(26(30)25(22)29)14-15-7-10-18(32-2)20(12-15)34-4/h5-13,23,28H,14H2,1-4H3/b24-22-. The lowest BCUT2D eigenvalue weighted by molar-refractivity contribution is -0.140. The van der Waals surface area contributed by atoms with Crippen LogP contribution in [0.1, 0.15) is 22.0 Å². The van der Waals surface area contributed by atoms with Crippen molar-refractivity contribution in [3.05, 3.63) is 75.5 Å². The van der Waals surface area contributed by atoms with E-state index in [1.165, 1.54) is 37.6 Å². The van der Waals surface area contributed by atoms with Crippen molar-refractivity contribution in [1.29, 1.82) is 0 Å². The Hall–Kier alpha value is -3.98. The molecule has 35 heavy (non-hydrogen) atoms. The third-order valence-electron chi connectivity index (χ3n) is 5.82. The summed E-state index contributed by atoms with van der Waals surface area (Å²) >= 11 is 1.40. The molecule has 4 rings (SSSR count). The highest BCUT2D eigenvalue weighted by Crippen LogP contribution is 2.43. The summed E-state index contributed by atoms with van der Waals surface area (Å²) in [4.78, 5) is 28.7. The lowest BCUT2D eigenvalue weighted by atomic mass is 9.99. The van der Waals surface area contributed by atoms with Crippen LogP contribution in [0.2, 0.25) is 0 Å². The number of carbonyl (C=O) groups excluding carboxylic acids is 2. The summed E-state index contributed by atoms with van der Waals surface area (Å²) in [6, 6.07) is 13.1. The van der Waals surface area contributed by atoms with Crippen LogP contribution in [0.5, 0.6) is 23.0 Å². The van der Waals surface area contributed by atoms with Crippen LogP contribution in [0.25, 0.3) is 5.76 Å². The number of benzene rings is 2. The summed E-state index contributed by atoms with van der Waals surface area (Å²) in [6.07, 6.45) is 0. The van der Waals surface area contributed by atoms with Gasteiger partial charge in [-0.2, -0.15) is 0 Å². The molecular formula is C26H25NO7S. The number of carbonyl (C=O) groups is 2. The predicted octanol–water partition coefficient (Wildman–Crippen LogP) is 4.40. The van der Waals surface area contributed by atoms with Crippen LogP contribution in [-0.2, 0) is 16.1 Å². The van der Waals surface area contributed by atoms with E-state index in [-0.39, 0.29) is 17.9 Å². The summed E-state index contributed by atoms with van der Waals surface area (Å²) in [7, 11) is 6.05. The summed E-state index contributed by atoms with van der Waals surface area (Å²) in [5, 5.41) is 13.2. The molecule has 2 aromatic carbocycles. The van der Waals surface area contributed by atoms with Gasteiger partial charge in [0.15, 0.2) is 11.5 Å². The summed E-state index contributed by atoms with van der Waals surface area (Å²) < 4.78 is 21.3. The van der Waals surface area contributed by atoms with Gasteiger partial charge in [-0.25, -0.2) is 0 Å². The maximum atomic E-state index is 13.3. The van der Waals surface area contributed by atoms with Crippen molar-refractivity contribution in [3.63, 3.8) is 0 Å². The Morgan fingerprint density at radius 1 is 0.914 bits per heavy atom. The third-order valence-corrected chi connectivity index (χ3v) is 6.74. The Labute approximate surface area is 206 Å². The van der Waals surface area contributed by atoms with Crippen LogP contribution < -0.4 is 18.9 Å². The van der Waals surface area contributed by atoms with Gasteiger partial charge in [0.25, 0.3) is 11.7 Å². The van der Waals surface area contributed by atoms with Gasteiger partial charge in [0.1, 0.15) is 17.3 Å². The van der Waals surface area contributed by atoms with Gasteiger partial charge >= 0.3 is 0 Å². The quantitative estimate of drug-likeness (QED) is 0.281. The summed E-state index contributed by atoms with van der Waals surface area (Å²) in [6.45, 7) is 0.129. The molecule has 1 saturated heterocycles. The average molecular weight is 496 g/mol. The van der Waals surface area contributed by atoms with Gasteiger partial charge in [-0.3, -0.25) is 9.59 Å². The van der Waals surface area contributed by atoms with E-state index in [0.29, 0.717) is 28.6 Å². The minimum Gasteiger partial charge on any atom is -0.507 e. The number of amides is 1. The zero-order valence-electron chi connectivity index (χ0n) is 19.7. The van der Waals surface area contributed by atoms with Gasteiger partial charge in [-0.15, -0.1) is 11.3 Å². The van der Waals surface area contributed by atoms with E-state index in [1.807, 2.05) is 17.5 Å². The highest BCUT2D eigenvalue weighted by Gasteiger charge is 2.46. The number of likely N-dealkylation sites (tertiary alicyclic amines) is 1. The largest absolute Gasteiger partial charge is 0.507 e. The second kappa shape index (κ2) is 10.1. The zero-order valence-corrected chi connectivity index (χ0v) is 20.5. The van der Waals surface area contributed by atoms with Crippen LogP contribution >= 0.6 is 11.3 Å². The number of ketones is 1. The van der Waals surface area contributed by atoms with Gasteiger partial charge in [0.05, 0.1) is 45.6 Å². The first-order valence-corrected chi connectivity index (χ1v) is 11.6. The molecule has 8 nitrogen and oxygen atoms in total. The highest BCUT2D eigenvalue weighted by molar-refractivity contribution is 7.10. The number of thiophene rings is 1. The maximum absolute atomic E-state index is 13.3. The van der Waals surface area contributed by atoms with Gasteiger partial charge in [-0.05, 0) is 41.3 Å². The SMILES string of the molecule is COc1ccc(/C(O)=C2/C(=O)C(=O)N(Cc3ccc(OC)c(OC)c3)C2c2cccs2)c(OC)c1. The van der Waals surface area contributed by atoms with Gasteiger partial charge in [0.2, 0.25) is 0 Å². The highest BCUT2D eigenvalue weighted by atomic mass is 32.1. The molecule has 1 atom stereocenters. The van der Waals surface area contributed by atoms with E-state index in [1.54, 1.807) is 43.5 Å². The van der Waals surface area contributed by atoms with Crippen LogP contribution in [0.15, 0.2) is 59.5 Å². The molecule has 9 heteroatoms. The first-order valence-electron chi connectivity index (χ1n) is 10.7. The molecule has 1 unspecified atom stereocenters. The number of hydrogen-bond donors (Lipinski definition) is 1. The number of Topliss-reactive ketones (excluding diaryl/α,β-unsaturated/α-hetero) is 1. The van der Waals surface area contributed by atoms with E-state index in [9.17, 15) is 14.7 Å². The van der Waals surface area contributed by atoms with Crippen LogP contribution in [0, 0.1) is 0 Å². The second-order valence-corrected chi connectivity index (χ2v) is 8.68. The molecule has 0 spiro atoms. The first kappa shape index (κ1) is 24.2. The number of aliphatic hydroxyl groups is 1. The number of aliphatic hydroxyl groups excluding tert-OH is 1. The number of methoxy groups -OCH3 is 4. The van der Waals surface area contributed by atoms with E-state index in [0.717, 1.165) is 10.4 Å². The fourth-order valence-corrected chi connectivity index (χ4v) is 4.95. The average Bonchev–Trinajstić information content (AvgIpc) is 3.50. The molecular weight excluding hydrogens is 470 g/mol. The number of ether oxygens (including phenoxy) is 4. The Balaban J connectivity index is 1.82. The van der Waals surface area contributed by atoms with Crippen molar-refractivity contribution in [2.24, 2.45) is 0 Å². The van der Waals surface area contributed by atoms with Crippen molar-refractivity contribution in [2.45, 2.75) is 12.6 Å². The van der Waals surface area contributed by atoms with E-state index in [4.69, 9.17) is 18.9 Å². The molecule has 1 N–H and O–H groups in total. The molecule has 0 radical (unpaired) electrons. The zero-order chi connectivity index (χ0) is 25.1. The van der Waals surface area contributed by atoms with Gasteiger partial charge < -0.3 is 29.0 Å². The Bertz CT molecular complexity index is 1280. The van der Waals surface area contributed by atoms with Gasteiger partial charge in [-0.1, -0.05) is 12.1 Å². The van der Waals surface area contributed by atoms with Crippen LogP contribution in [0.4, 0.5) is 0 Å². The van der Waals surface area contributed by atoms with Gasteiger partial charge in [0, 0.05) is 17.5 Å². The Kier molecular flexibility index (Phi) is 6.97. The van der Waals surface area contributed by atoms with Crippen molar-refractivity contribution >= 4 is 28.8 Å². The number of rotatable bonds is 8. The maximum Gasteiger partial charge on any atom is 0.295 e. The summed E-state index contributed by atoms with van der Waals surface area (Å²) in [5.74, 6) is 0.138. The molecule has 1 amide bonds. The smallest absolute Gasteiger partial charge is 0.295 e. The Morgan fingerprint density at radius 3 is 2.29 bits per heavy atom. The monoisotopic (exact) mass is 495 g/mol. The summed E-state index contributed by atoms with van der Waals surface area (Å²) in [5.41, 5.74) is 1.04. The fraction of sp³-hybridized carbons (Fsp3) is 0.231. The molecule has 3 aromatic rings. The Morgan fingerprint density at radius 2 is 1.66 bits per heavy atom. The van der Waals surface area contributed by atoms with Crippen LogP contribution in [0.3, 0.4) is 0 Å². The number of nitrogens with zero attached hydrogens (tertiary/aromatic N) is 1. The molecule has 0 saturated carbocycles. The molecule has 0 aliphatic carbocycles. The van der Waals surface area contributed by atoms with Crippen molar-refractivity contribution in [2.75, 3.05) is 28.4 Å². The lowest BCUT2D eigenvalue weighted by Gasteiger charge is -2.24. The predicted molar refractivity (Wildman–Crippen MR) is 131 cm³/mol. The van der Waals surface area contributed by atoms with Crippen molar-refractivity contribution < 1.29 is 33.6 Å². The second-order valence-electron chi connectivity index (χ2n) is 7.70. The van der Waals surface area contributed by atoms with E-state index in [2.05, 4.69) is 0 Å². The lowest BCUT2D eigenvalue weighted by Crippen LogP contribution is -2.28. The van der Waals surface area contributed by atoms with E-state index >= 15 is 0 Å². The molecule has 2 heterocycles. The van der Waals surface area contributed by atoms with Crippen molar-refractivity contribution in [1.82, 2.24) is 4.90 Å². The normalized spacial score (nSPS) is 16.9. The van der Waals surface area contributed by atoms with E-state index < -0.39 is 17.7 Å². The molecule has 1 fully saturated rings. The molecule has 1 aromatic heterocycles. The minimum absolute atomic E-state index is 0.00129. The number of hydrogen-bond acceptors (Lipinski definition) is 8. The van der Waals surface area contributed by atoms with Crippen molar-refractivity contribution in [3.8, 4) is 23.0 Å².